The molecule has 2 rings (SSSR count). The molecule has 1 aromatic rings. The Kier molecular flexibility index (Phi) is 4.92. The van der Waals surface area contributed by atoms with Gasteiger partial charge in [-0.1, -0.05) is 11.6 Å². The van der Waals surface area contributed by atoms with E-state index in [-0.39, 0.29) is 16.6 Å². The van der Waals surface area contributed by atoms with E-state index < -0.39 is 4.92 Å². The molecule has 108 valence electrons. The van der Waals surface area contributed by atoms with Crippen LogP contribution in [0, 0.1) is 16.0 Å². The van der Waals surface area contributed by atoms with Gasteiger partial charge in [0.1, 0.15) is 5.02 Å². The number of hydrogen-bond donors (Lipinski definition) is 2. The summed E-state index contributed by atoms with van der Waals surface area (Å²) in [5, 5.41) is 16.6. The Hall–Kier alpha value is -1.66. The van der Waals surface area contributed by atoms with Crippen molar-refractivity contribution in [3.05, 3.63) is 33.3 Å². The van der Waals surface area contributed by atoms with E-state index >= 15 is 0 Å². The Morgan fingerprint density at radius 3 is 2.75 bits per heavy atom. The minimum absolute atomic E-state index is 0.0228. The summed E-state index contributed by atoms with van der Waals surface area (Å²) < 4.78 is 0. The average molecular weight is 298 g/mol. The van der Waals surface area contributed by atoms with Crippen LogP contribution < -0.4 is 10.6 Å². The molecule has 7 heteroatoms. The highest BCUT2D eigenvalue weighted by Crippen LogP contribution is 2.27. The number of piperidine rings is 1. The third-order valence-corrected chi connectivity index (χ3v) is 3.66. The summed E-state index contributed by atoms with van der Waals surface area (Å²) in [6.07, 6.45) is 2.46. The first kappa shape index (κ1) is 14.7. The second kappa shape index (κ2) is 6.67. The van der Waals surface area contributed by atoms with Crippen molar-refractivity contribution < 1.29 is 9.72 Å². The van der Waals surface area contributed by atoms with E-state index in [1.54, 1.807) is 0 Å². The van der Waals surface area contributed by atoms with Crippen molar-refractivity contribution in [1.82, 2.24) is 5.32 Å². The Morgan fingerprint density at radius 1 is 1.45 bits per heavy atom. The topological polar surface area (TPSA) is 84.3 Å². The predicted octanol–water partition coefficient (Wildman–Crippen LogP) is 2.58. The van der Waals surface area contributed by atoms with Gasteiger partial charge in [-0.25, -0.2) is 0 Å². The van der Waals surface area contributed by atoms with Gasteiger partial charge in [0.2, 0.25) is 5.91 Å². The summed E-state index contributed by atoms with van der Waals surface area (Å²) in [6.45, 7) is 1.89. The summed E-state index contributed by atoms with van der Waals surface area (Å²) in [7, 11) is 0. The molecule has 0 aromatic heterocycles. The molecule has 1 amide bonds. The smallest absolute Gasteiger partial charge is 0.288 e. The number of carbonyl (C=O) groups is 1. The molecule has 0 atom stereocenters. The van der Waals surface area contributed by atoms with Crippen molar-refractivity contribution in [1.29, 1.82) is 0 Å². The van der Waals surface area contributed by atoms with Crippen molar-refractivity contribution in [3.63, 3.8) is 0 Å². The number of halogens is 1. The highest BCUT2D eigenvalue weighted by Gasteiger charge is 2.18. The van der Waals surface area contributed by atoms with Crippen LogP contribution >= 0.6 is 11.6 Å². The molecule has 0 radical (unpaired) electrons. The molecule has 6 nitrogen and oxygen atoms in total. The normalized spacial score (nSPS) is 15.8. The number of hydrogen-bond acceptors (Lipinski definition) is 4. The third-order valence-electron chi connectivity index (χ3n) is 3.36. The highest BCUT2D eigenvalue weighted by molar-refractivity contribution is 6.33. The Morgan fingerprint density at radius 2 is 2.15 bits per heavy atom. The summed E-state index contributed by atoms with van der Waals surface area (Å²) in [4.78, 5) is 22.0. The predicted molar refractivity (Wildman–Crippen MR) is 76.9 cm³/mol. The molecule has 1 heterocycles. The zero-order valence-corrected chi connectivity index (χ0v) is 11.7. The standard InChI is InChI=1S/C13H16ClN3O3/c14-11-8-10(1-2-12(11)17(19)20)16-13(18)7-9-3-5-15-6-4-9/h1-2,8-9,15H,3-7H2,(H,16,18). The van der Waals surface area contributed by atoms with E-state index in [1.165, 1.54) is 18.2 Å². The van der Waals surface area contributed by atoms with E-state index in [4.69, 9.17) is 11.6 Å². The first-order valence-electron chi connectivity index (χ1n) is 6.51. The highest BCUT2D eigenvalue weighted by atomic mass is 35.5. The second-order valence-electron chi connectivity index (χ2n) is 4.87. The fraction of sp³-hybridized carbons (Fsp3) is 0.462. The lowest BCUT2D eigenvalue weighted by molar-refractivity contribution is -0.384. The van der Waals surface area contributed by atoms with Crippen LogP contribution in [0.25, 0.3) is 0 Å². The average Bonchev–Trinajstić information content (AvgIpc) is 2.39. The molecule has 1 aliphatic rings. The summed E-state index contributed by atoms with van der Waals surface area (Å²) in [5.41, 5.74) is 0.322. The number of nitro groups is 1. The summed E-state index contributed by atoms with van der Waals surface area (Å²) >= 11 is 5.80. The number of nitro benzene ring substituents is 1. The van der Waals surface area contributed by atoms with Crippen LogP contribution in [0.4, 0.5) is 11.4 Å². The quantitative estimate of drug-likeness (QED) is 0.661. The van der Waals surface area contributed by atoms with Gasteiger partial charge in [-0.3, -0.25) is 14.9 Å². The SMILES string of the molecule is O=C(CC1CCNCC1)Nc1ccc([N+](=O)[O-])c(Cl)c1. The molecule has 0 aliphatic carbocycles. The van der Waals surface area contributed by atoms with Crippen LogP contribution in [-0.2, 0) is 4.79 Å². The molecule has 0 unspecified atom stereocenters. The minimum atomic E-state index is -0.553. The maximum Gasteiger partial charge on any atom is 0.288 e. The van der Waals surface area contributed by atoms with Gasteiger partial charge < -0.3 is 10.6 Å². The van der Waals surface area contributed by atoms with Crippen molar-refractivity contribution in [3.8, 4) is 0 Å². The van der Waals surface area contributed by atoms with Crippen LogP contribution in [0.5, 0.6) is 0 Å². The molecule has 1 aliphatic heterocycles. The van der Waals surface area contributed by atoms with E-state index in [9.17, 15) is 14.9 Å². The first-order valence-corrected chi connectivity index (χ1v) is 6.88. The molecule has 0 bridgehead atoms. The number of amides is 1. The monoisotopic (exact) mass is 297 g/mol. The maximum atomic E-state index is 11.9. The summed E-state index contributed by atoms with van der Waals surface area (Å²) in [5.74, 6) is 0.312. The van der Waals surface area contributed by atoms with Gasteiger partial charge in [0.15, 0.2) is 0 Å². The zero-order valence-electron chi connectivity index (χ0n) is 10.9. The van der Waals surface area contributed by atoms with Gasteiger partial charge in [0.25, 0.3) is 5.69 Å². The third kappa shape index (κ3) is 3.91. The fourth-order valence-corrected chi connectivity index (χ4v) is 2.54. The molecule has 2 N–H and O–H groups in total. The van der Waals surface area contributed by atoms with Crippen LogP contribution in [0.1, 0.15) is 19.3 Å². The minimum Gasteiger partial charge on any atom is -0.326 e. The van der Waals surface area contributed by atoms with Crippen molar-refractivity contribution >= 4 is 28.9 Å². The van der Waals surface area contributed by atoms with Crippen molar-refractivity contribution in [2.45, 2.75) is 19.3 Å². The van der Waals surface area contributed by atoms with E-state index in [0.29, 0.717) is 18.0 Å². The van der Waals surface area contributed by atoms with Crippen LogP contribution in [0.15, 0.2) is 18.2 Å². The lowest BCUT2D eigenvalue weighted by Gasteiger charge is -2.21. The van der Waals surface area contributed by atoms with Crippen molar-refractivity contribution in [2.24, 2.45) is 5.92 Å². The molecule has 1 aromatic carbocycles. The Bertz CT molecular complexity index is 516. The van der Waals surface area contributed by atoms with Gasteiger partial charge >= 0.3 is 0 Å². The number of anilines is 1. The molecule has 1 fully saturated rings. The van der Waals surface area contributed by atoms with Crippen LogP contribution in [-0.4, -0.2) is 23.9 Å². The van der Waals surface area contributed by atoms with Gasteiger partial charge in [-0.2, -0.15) is 0 Å². The van der Waals surface area contributed by atoms with Gasteiger partial charge in [-0.05, 0) is 44.0 Å². The van der Waals surface area contributed by atoms with Gasteiger partial charge in [-0.15, -0.1) is 0 Å². The second-order valence-corrected chi connectivity index (χ2v) is 5.28. The Balaban J connectivity index is 1.93. The van der Waals surface area contributed by atoms with E-state index in [1.807, 2.05) is 0 Å². The summed E-state index contributed by atoms with van der Waals surface area (Å²) in [6, 6.07) is 4.19. The number of rotatable bonds is 4. The molecular weight excluding hydrogens is 282 g/mol. The number of benzene rings is 1. The first-order chi connectivity index (χ1) is 9.56. The molecular formula is C13H16ClN3O3. The molecule has 0 spiro atoms. The molecule has 0 saturated carbocycles. The van der Waals surface area contributed by atoms with E-state index in [2.05, 4.69) is 10.6 Å². The van der Waals surface area contributed by atoms with Crippen LogP contribution in [0.2, 0.25) is 5.02 Å². The fourth-order valence-electron chi connectivity index (χ4n) is 2.29. The Labute approximate surface area is 121 Å². The molecule has 20 heavy (non-hydrogen) atoms. The van der Waals surface area contributed by atoms with Gasteiger partial charge in [0, 0.05) is 18.2 Å². The van der Waals surface area contributed by atoms with Crippen molar-refractivity contribution in [2.75, 3.05) is 18.4 Å². The zero-order chi connectivity index (χ0) is 14.5. The van der Waals surface area contributed by atoms with Gasteiger partial charge in [0.05, 0.1) is 4.92 Å². The largest absolute Gasteiger partial charge is 0.326 e. The number of nitrogens with one attached hydrogen (secondary N) is 2. The van der Waals surface area contributed by atoms with E-state index in [0.717, 1.165) is 25.9 Å². The number of nitrogens with zero attached hydrogens (tertiary/aromatic N) is 1. The van der Waals surface area contributed by atoms with Crippen LogP contribution in [0.3, 0.4) is 0 Å². The lowest BCUT2D eigenvalue weighted by Crippen LogP contribution is -2.30. The maximum absolute atomic E-state index is 11.9. The number of carbonyl (C=O) groups excluding carboxylic acids is 1. The molecule has 1 saturated heterocycles. The lowest BCUT2D eigenvalue weighted by atomic mass is 9.94.